The molecule has 0 fully saturated rings. The Morgan fingerprint density at radius 2 is 1.71 bits per heavy atom. The Morgan fingerprint density at radius 1 is 1.00 bits per heavy atom. The summed E-state index contributed by atoms with van der Waals surface area (Å²) in [6.07, 6.45) is 5.18. The summed E-state index contributed by atoms with van der Waals surface area (Å²) >= 11 is 13.1. The smallest absolute Gasteiger partial charge is 0.261 e. The molecule has 2 N–H and O–H groups in total. The number of benzene rings is 3. The van der Waals surface area contributed by atoms with Gasteiger partial charge < -0.3 is 5.32 Å². The van der Waals surface area contributed by atoms with Crippen LogP contribution in [0.25, 0.3) is 0 Å². The Kier molecular flexibility index (Phi) is 6.13. The first-order chi connectivity index (χ1) is 16.2. The lowest BCUT2D eigenvalue weighted by Crippen LogP contribution is -2.29. The van der Waals surface area contributed by atoms with Crippen LogP contribution in [0.15, 0.2) is 77.7 Å². The summed E-state index contributed by atoms with van der Waals surface area (Å²) in [6, 6.07) is 18.3. The highest BCUT2D eigenvalue weighted by Crippen LogP contribution is 2.52. The van der Waals surface area contributed by atoms with E-state index in [1.807, 2.05) is 36.4 Å². The first-order valence-corrected chi connectivity index (χ1v) is 13.6. The van der Waals surface area contributed by atoms with Crippen LogP contribution in [0.2, 0.25) is 10.0 Å². The minimum absolute atomic E-state index is 0.0613. The van der Waals surface area contributed by atoms with E-state index in [-0.39, 0.29) is 22.8 Å². The predicted octanol–water partition coefficient (Wildman–Crippen LogP) is 7.74. The second-order valence-corrected chi connectivity index (χ2v) is 11.7. The van der Waals surface area contributed by atoms with Crippen LogP contribution in [0.1, 0.15) is 54.8 Å². The monoisotopic (exact) mass is 512 g/mol. The lowest BCUT2D eigenvalue weighted by molar-refractivity contribution is 0.425. The van der Waals surface area contributed by atoms with Crippen molar-refractivity contribution in [3.8, 4) is 0 Å². The van der Waals surface area contributed by atoms with Crippen molar-refractivity contribution in [3.63, 3.8) is 0 Å². The largest absolute Gasteiger partial charge is 0.378 e. The second-order valence-electron chi connectivity index (χ2n) is 9.24. The number of allylic oxidation sites excluding steroid dienone is 2. The van der Waals surface area contributed by atoms with Crippen LogP contribution in [0.3, 0.4) is 0 Å². The zero-order valence-electron chi connectivity index (χ0n) is 18.9. The minimum atomic E-state index is -3.73. The van der Waals surface area contributed by atoms with Gasteiger partial charge in [-0.05, 0) is 71.8 Å². The molecule has 5 rings (SSSR count). The summed E-state index contributed by atoms with van der Waals surface area (Å²) in [4.78, 5) is 0.245. The molecule has 1 aliphatic carbocycles. The molecule has 0 radical (unpaired) electrons. The van der Waals surface area contributed by atoms with Crippen molar-refractivity contribution in [1.82, 2.24) is 0 Å². The summed E-state index contributed by atoms with van der Waals surface area (Å²) < 4.78 is 29.1. The Morgan fingerprint density at radius 3 is 2.38 bits per heavy atom. The fourth-order valence-corrected chi connectivity index (χ4v) is 6.71. The summed E-state index contributed by atoms with van der Waals surface area (Å²) in [6.45, 7) is 4.21. The molecule has 1 heterocycles. The standard InChI is InChI=1S/C27H26Cl2N2O2S/c1-16(2)17-9-11-18(12-10-17)31-34(32,33)19-13-14-25-22(15-19)20-5-3-6-21(20)27(30-25)26-23(28)7-4-8-24(26)29/h3-5,7-16,20-21,27,30-31H,6H2,1-2H3/t20-,21+,27-/m0/s1. The molecule has 3 aromatic rings. The maximum absolute atomic E-state index is 13.2. The van der Waals surface area contributed by atoms with E-state index in [0.717, 1.165) is 28.8 Å². The number of hydrogen-bond acceptors (Lipinski definition) is 3. The van der Waals surface area contributed by atoms with E-state index in [2.05, 4.69) is 36.0 Å². The Balaban J connectivity index is 1.47. The summed E-state index contributed by atoms with van der Waals surface area (Å²) in [5, 5.41) is 4.85. The Hall–Kier alpha value is -2.47. The third-order valence-electron chi connectivity index (χ3n) is 6.78. The molecule has 3 atom stereocenters. The van der Waals surface area contributed by atoms with E-state index in [0.29, 0.717) is 21.7 Å². The van der Waals surface area contributed by atoms with E-state index in [4.69, 9.17) is 23.2 Å². The SMILES string of the molecule is CC(C)c1ccc(NS(=O)(=O)c2ccc3c(c2)[C@H]2C=CC[C@H]2[C@@H](c2c(Cl)cccc2Cl)N3)cc1. The van der Waals surface area contributed by atoms with E-state index < -0.39 is 10.0 Å². The number of hydrogen-bond donors (Lipinski definition) is 2. The van der Waals surface area contributed by atoms with Gasteiger partial charge in [0.25, 0.3) is 10.0 Å². The number of rotatable bonds is 5. The molecule has 0 saturated heterocycles. The van der Waals surface area contributed by atoms with E-state index in [9.17, 15) is 8.42 Å². The van der Waals surface area contributed by atoms with Gasteiger partial charge in [-0.25, -0.2) is 8.42 Å². The zero-order valence-corrected chi connectivity index (χ0v) is 21.3. The van der Waals surface area contributed by atoms with Crippen molar-refractivity contribution >= 4 is 44.6 Å². The van der Waals surface area contributed by atoms with Crippen LogP contribution in [-0.2, 0) is 10.0 Å². The Bertz CT molecular complexity index is 1350. The molecule has 0 aromatic heterocycles. The molecule has 34 heavy (non-hydrogen) atoms. The molecular formula is C27H26Cl2N2O2S. The van der Waals surface area contributed by atoms with Crippen molar-refractivity contribution < 1.29 is 8.42 Å². The maximum atomic E-state index is 13.2. The second kappa shape index (κ2) is 8.95. The molecule has 4 nitrogen and oxygen atoms in total. The molecule has 0 spiro atoms. The molecule has 0 bridgehead atoms. The third kappa shape index (κ3) is 4.21. The quantitative estimate of drug-likeness (QED) is 0.343. The van der Waals surface area contributed by atoms with Crippen LogP contribution in [0, 0.1) is 5.92 Å². The van der Waals surface area contributed by atoms with Crippen LogP contribution in [0.4, 0.5) is 11.4 Å². The predicted molar refractivity (Wildman–Crippen MR) is 141 cm³/mol. The van der Waals surface area contributed by atoms with Gasteiger partial charge in [-0.2, -0.15) is 0 Å². The fourth-order valence-electron chi connectivity index (χ4n) is 4.98. The minimum Gasteiger partial charge on any atom is -0.378 e. The summed E-state index contributed by atoms with van der Waals surface area (Å²) in [7, 11) is -3.73. The molecule has 2 aliphatic rings. The van der Waals surface area contributed by atoms with E-state index in [1.165, 1.54) is 0 Å². The molecular weight excluding hydrogens is 487 g/mol. The molecule has 3 aromatic carbocycles. The van der Waals surface area contributed by atoms with Crippen molar-refractivity contribution in [2.45, 2.75) is 43.0 Å². The van der Waals surface area contributed by atoms with Crippen LogP contribution in [-0.4, -0.2) is 8.42 Å². The van der Waals surface area contributed by atoms with Crippen LogP contribution >= 0.6 is 23.2 Å². The maximum Gasteiger partial charge on any atom is 0.261 e. The van der Waals surface area contributed by atoms with Crippen molar-refractivity contribution in [3.05, 3.63) is 99.6 Å². The van der Waals surface area contributed by atoms with E-state index in [1.54, 1.807) is 24.3 Å². The lowest BCUT2D eigenvalue weighted by atomic mass is 9.77. The number of halogens is 2. The molecule has 176 valence electrons. The lowest BCUT2D eigenvalue weighted by Gasteiger charge is -2.38. The van der Waals surface area contributed by atoms with Crippen LogP contribution in [0.5, 0.6) is 0 Å². The van der Waals surface area contributed by atoms with Crippen molar-refractivity contribution in [2.24, 2.45) is 5.92 Å². The summed E-state index contributed by atoms with van der Waals surface area (Å²) in [5.41, 5.74) is 4.46. The average Bonchev–Trinajstić information content (AvgIpc) is 3.29. The van der Waals surface area contributed by atoms with Gasteiger partial charge in [-0.3, -0.25) is 4.72 Å². The van der Waals surface area contributed by atoms with Gasteiger partial charge >= 0.3 is 0 Å². The molecule has 1 aliphatic heterocycles. The van der Waals surface area contributed by atoms with Crippen LogP contribution < -0.4 is 10.0 Å². The third-order valence-corrected chi connectivity index (χ3v) is 8.82. The van der Waals surface area contributed by atoms with Crippen molar-refractivity contribution in [1.29, 1.82) is 0 Å². The van der Waals surface area contributed by atoms with Gasteiger partial charge in [0.15, 0.2) is 0 Å². The summed E-state index contributed by atoms with van der Waals surface area (Å²) in [5.74, 6) is 0.657. The average molecular weight is 513 g/mol. The van der Waals surface area contributed by atoms with Gasteiger partial charge in [-0.15, -0.1) is 0 Å². The van der Waals surface area contributed by atoms with E-state index >= 15 is 0 Å². The highest BCUT2D eigenvalue weighted by atomic mass is 35.5. The number of sulfonamides is 1. The molecule has 0 unspecified atom stereocenters. The topological polar surface area (TPSA) is 58.2 Å². The first kappa shape index (κ1) is 23.3. The molecule has 7 heteroatoms. The highest BCUT2D eigenvalue weighted by molar-refractivity contribution is 7.92. The number of anilines is 2. The fraction of sp³-hybridized carbons (Fsp3) is 0.259. The van der Waals surface area contributed by atoms with Crippen molar-refractivity contribution in [2.75, 3.05) is 10.0 Å². The van der Waals surface area contributed by atoms with Gasteiger partial charge in [-0.1, -0.05) is 67.4 Å². The number of nitrogens with one attached hydrogen (secondary N) is 2. The van der Waals surface area contributed by atoms with Gasteiger partial charge in [0, 0.05) is 32.9 Å². The zero-order chi connectivity index (χ0) is 24.0. The van der Waals surface area contributed by atoms with Gasteiger partial charge in [0.1, 0.15) is 0 Å². The Labute approximate surface area is 211 Å². The molecule has 0 amide bonds. The van der Waals surface area contributed by atoms with Gasteiger partial charge in [0.05, 0.1) is 10.9 Å². The highest BCUT2D eigenvalue weighted by Gasteiger charge is 2.40. The number of fused-ring (bicyclic) bond motifs is 3. The molecule has 0 saturated carbocycles. The first-order valence-electron chi connectivity index (χ1n) is 11.4. The normalized spacial score (nSPS) is 21.1. The van der Waals surface area contributed by atoms with Gasteiger partial charge in [0.2, 0.25) is 0 Å².